The van der Waals surface area contributed by atoms with Crippen LogP contribution in [0.15, 0.2) is 24.3 Å². The van der Waals surface area contributed by atoms with E-state index < -0.39 is 0 Å². The maximum atomic E-state index is 12.4. The second-order valence-electron chi connectivity index (χ2n) is 5.57. The maximum absolute atomic E-state index is 12.4. The molecular weight excluding hydrogens is 254 g/mol. The third-order valence-corrected chi connectivity index (χ3v) is 4.31. The van der Waals surface area contributed by atoms with Crippen molar-refractivity contribution >= 4 is 5.91 Å². The Morgan fingerprint density at radius 2 is 1.90 bits per heavy atom. The molecule has 2 unspecified atom stereocenters. The van der Waals surface area contributed by atoms with Crippen LogP contribution in [0, 0.1) is 0 Å². The molecule has 108 valence electrons. The first kappa shape index (κ1) is 13.4. The molecule has 2 atom stereocenters. The molecular formula is C16H21NO3. The molecule has 20 heavy (non-hydrogen) atoms. The third-order valence-electron chi connectivity index (χ3n) is 4.31. The molecule has 0 saturated carbocycles. The fourth-order valence-electron chi connectivity index (χ4n) is 3.21. The molecule has 0 aromatic heterocycles. The number of rotatable bonds is 4. The topological polar surface area (TPSA) is 38.8 Å². The van der Waals surface area contributed by atoms with Crippen LogP contribution in [0.2, 0.25) is 0 Å². The third kappa shape index (κ3) is 2.66. The van der Waals surface area contributed by atoms with Crippen molar-refractivity contribution < 1.29 is 14.3 Å². The Hall–Kier alpha value is -1.55. The number of aryl methyl sites for hydroxylation is 1. The Kier molecular flexibility index (Phi) is 3.92. The lowest BCUT2D eigenvalue weighted by atomic mass is 10.1. The van der Waals surface area contributed by atoms with Crippen molar-refractivity contribution in [2.24, 2.45) is 0 Å². The number of carbonyl (C=O) groups excluding carboxylic acids is 1. The summed E-state index contributed by atoms with van der Waals surface area (Å²) >= 11 is 0. The minimum atomic E-state index is 0.275. The van der Waals surface area contributed by atoms with Gasteiger partial charge in [0.2, 0.25) is 5.91 Å². The van der Waals surface area contributed by atoms with E-state index in [0.717, 1.165) is 25.0 Å². The lowest BCUT2D eigenvalue weighted by Crippen LogP contribution is -2.49. The van der Waals surface area contributed by atoms with Crippen LogP contribution in [0.25, 0.3) is 0 Å². The van der Waals surface area contributed by atoms with Gasteiger partial charge in [-0.25, -0.2) is 0 Å². The molecule has 4 nitrogen and oxygen atoms in total. The second-order valence-corrected chi connectivity index (χ2v) is 5.57. The first-order valence-corrected chi connectivity index (χ1v) is 7.30. The maximum Gasteiger partial charge on any atom is 0.223 e. The average Bonchev–Trinajstić information content (AvgIpc) is 2.75. The highest BCUT2D eigenvalue weighted by molar-refractivity contribution is 5.77. The van der Waals surface area contributed by atoms with E-state index in [1.165, 1.54) is 5.56 Å². The summed E-state index contributed by atoms with van der Waals surface area (Å²) < 4.78 is 10.7. The van der Waals surface area contributed by atoms with Gasteiger partial charge in [0.1, 0.15) is 5.75 Å². The van der Waals surface area contributed by atoms with E-state index in [1.54, 1.807) is 7.11 Å². The first-order valence-electron chi connectivity index (χ1n) is 7.30. The van der Waals surface area contributed by atoms with Gasteiger partial charge in [-0.2, -0.15) is 0 Å². The number of morpholine rings is 1. The van der Waals surface area contributed by atoms with Crippen LogP contribution in [0.4, 0.5) is 0 Å². The highest BCUT2D eigenvalue weighted by atomic mass is 16.5. The number of fused-ring (bicyclic) bond motifs is 2. The van der Waals surface area contributed by atoms with Crippen LogP contribution < -0.4 is 4.74 Å². The minimum Gasteiger partial charge on any atom is -0.497 e. The predicted molar refractivity (Wildman–Crippen MR) is 75.8 cm³/mol. The molecule has 0 aliphatic carbocycles. The molecule has 3 rings (SSSR count). The summed E-state index contributed by atoms with van der Waals surface area (Å²) in [6.45, 7) is 1.43. The molecule has 1 aromatic rings. The fourth-order valence-corrected chi connectivity index (χ4v) is 3.21. The van der Waals surface area contributed by atoms with Gasteiger partial charge in [0.15, 0.2) is 0 Å². The highest BCUT2D eigenvalue weighted by Crippen LogP contribution is 2.29. The average molecular weight is 275 g/mol. The van der Waals surface area contributed by atoms with Crippen molar-refractivity contribution in [2.75, 3.05) is 20.3 Å². The molecule has 2 aliphatic heterocycles. The van der Waals surface area contributed by atoms with Crippen LogP contribution in [0.5, 0.6) is 5.75 Å². The summed E-state index contributed by atoms with van der Waals surface area (Å²) in [4.78, 5) is 14.5. The number of ether oxygens (including phenoxy) is 2. The number of benzene rings is 1. The standard InChI is InChI=1S/C16H21NO3/c1-19-15-7-2-12(3-8-15)4-9-16(18)17-13-5-6-14(17)11-20-10-13/h2-3,7-8,13-14H,4-6,9-11H2,1H3. The van der Waals surface area contributed by atoms with Crippen molar-refractivity contribution in [1.82, 2.24) is 4.90 Å². The molecule has 2 aliphatic rings. The fraction of sp³-hybridized carbons (Fsp3) is 0.562. The summed E-state index contributed by atoms with van der Waals surface area (Å²) in [5, 5.41) is 0. The lowest BCUT2D eigenvalue weighted by molar-refractivity contribution is -0.140. The number of nitrogens with zero attached hydrogens (tertiary/aromatic N) is 1. The molecule has 2 saturated heterocycles. The van der Waals surface area contributed by atoms with Gasteiger partial charge in [-0.05, 0) is 37.0 Å². The smallest absolute Gasteiger partial charge is 0.223 e. The van der Waals surface area contributed by atoms with Crippen molar-refractivity contribution in [3.8, 4) is 5.75 Å². The number of hydrogen-bond acceptors (Lipinski definition) is 3. The van der Waals surface area contributed by atoms with Gasteiger partial charge in [-0.3, -0.25) is 4.79 Å². The van der Waals surface area contributed by atoms with Crippen molar-refractivity contribution in [1.29, 1.82) is 0 Å². The van der Waals surface area contributed by atoms with E-state index in [9.17, 15) is 4.79 Å². The van der Waals surface area contributed by atoms with Gasteiger partial charge in [-0.1, -0.05) is 12.1 Å². The largest absolute Gasteiger partial charge is 0.497 e. The SMILES string of the molecule is COc1ccc(CCC(=O)N2C3CCC2COC3)cc1. The Morgan fingerprint density at radius 3 is 2.50 bits per heavy atom. The van der Waals surface area contributed by atoms with Gasteiger partial charge >= 0.3 is 0 Å². The number of amides is 1. The monoisotopic (exact) mass is 275 g/mol. The molecule has 0 N–H and O–H groups in total. The molecule has 2 heterocycles. The molecule has 4 heteroatoms. The first-order chi connectivity index (χ1) is 9.78. The zero-order valence-electron chi connectivity index (χ0n) is 11.9. The van der Waals surface area contributed by atoms with Crippen LogP contribution >= 0.6 is 0 Å². The second kappa shape index (κ2) is 5.83. The van der Waals surface area contributed by atoms with Gasteiger partial charge in [0, 0.05) is 6.42 Å². The van der Waals surface area contributed by atoms with E-state index >= 15 is 0 Å². The predicted octanol–water partition coefficient (Wildman–Crippen LogP) is 2.02. The summed E-state index contributed by atoms with van der Waals surface area (Å²) in [5.41, 5.74) is 1.18. The molecule has 2 fully saturated rings. The minimum absolute atomic E-state index is 0.275. The van der Waals surface area contributed by atoms with Gasteiger partial charge < -0.3 is 14.4 Å². The van der Waals surface area contributed by atoms with Crippen LogP contribution in [-0.4, -0.2) is 43.2 Å². The Balaban J connectivity index is 1.56. The van der Waals surface area contributed by atoms with Crippen LogP contribution in [-0.2, 0) is 16.0 Å². The number of hydrogen-bond donors (Lipinski definition) is 0. The van der Waals surface area contributed by atoms with E-state index in [-0.39, 0.29) is 5.91 Å². The van der Waals surface area contributed by atoms with Crippen LogP contribution in [0.1, 0.15) is 24.8 Å². The van der Waals surface area contributed by atoms with E-state index in [4.69, 9.17) is 9.47 Å². The van der Waals surface area contributed by atoms with Gasteiger partial charge in [0.05, 0.1) is 32.4 Å². The van der Waals surface area contributed by atoms with E-state index in [2.05, 4.69) is 4.90 Å². The van der Waals surface area contributed by atoms with E-state index in [1.807, 2.05) is 24.3 Å². The molecule has 0 spiro atoms. The Bertz CT molecular complexity index is 455. The highest BCUT2D eigenvalue weighted by Gasteiger charge is 2.39. The zero-order valence-corrected chi connectivity index (χ0v) is 11.9. The Morgan fingerprint density at radius 1 is 1.25 bits per heavy atom. The normalized spacial score (nSPS) is 24.8. The molecule has 1 amide bonds. The summed E-state index contributed by atoms with van der Waals surface area (Å²) in [7, 11) is 1.66. The van der Waals surface area contributed by atoms with E-state index in [0.29, 0.717) is 31.7 Å². The zero-order chi connectivity index (χ0) is 13.9. The van der Waals surface area contributed by atoms with Crippen molar-refractivity contribution in [3.05, 3.63) is 29.8 Å². The number of carbonyl (C=O) groups is 1. The summed E-state index contributed by atoms with van der Waals surface area (Å²) in [5.74, 6) is 1.13. The quantitative estimate of drug-likeness (QED) is 0.844. The van der Waals surface area contributed by atoms with Gasteiger partial charge in [-0.15, -0.1) is 0 Å². The molecule has 2 bridgehead atoms. The molecule has 1 aromatic carbocycles. The van der Waals surface area contributed by atoms with Crippen molar-refractivity contribution in [3.63, 3.8) is 0 Å². The van der Waals surface area contributed by atoms with Crippen LogP contribution in [0.3, 0.4) is 0 Å². The lowest BCUT2D eigenvalue weighted by Gasteiger charge is -2.34. The summed E-state index contributed by atoms with van der Waals surface area (Å²) in [6.07, 6.45) is 3.57. The van der Waals surface area contributed by atoms with Crippen molar-refractivity contribution in [2.45, 2.75) is 37.8 Å². The Labute approximate surface area is 119 Å². The molecule has 0 radical (unpaired) electrons. The van der Waals surface area contributed by atoms with Gasteiger partial charge in [0.25, 0.3) is 0 Å². The number of methoxy groups -OCH3 is 1. The summed E-state index contributed by atoms with van der Waals surface area (Å²) in [6, 6.07) is 8.57.